The van der Waals surface area contributed by atoms with Crippen LogP contribution in [0, 0.1) is 0 Å². The molecule has 0 aromatic rings. The smallest absolute Gasteiger partial charge is 0.315 e. The standard InChI is InChI=1S/C6H14N2O4S/c1-3-4-5(13(10,11)12)8(2)6(7)9/h5H,3-4H2,1-2H3,(H2,7,9)(H,10,11,12). The normalized spacial score (nSPS) is 13.8. The van der Waals surface area contributed by atoms with Crippen LogP contribution in [0.1, 0.15) is 19.8 Å². The molecule has 7 heteroatoms. The van der Waals surface area contributed by atoms with Crippen molar-refractivity contribution in [3.8, 4) is 0 Å². The van der Waals surface area contributed by atoms with Crippen molar-refractivity contribution < 1.29 is 17.8 Å². The number of hydrogen-bond acceptors (Lipinski definition) is 3. The van der Waals surface area contributed by atoms with Gasteiger partial charge in [-0.3, -0.25) is 4.55 Å². The third-order valence-electron chi connectivity index (χ3n) is 1.66. The molecule has 78 valence electrons. The van der Waals surface area contributed by atoms with Crippen LogP contribution in [0.5, 0.6) is 0 Å². The molecule has 2 amide bonds. The van der Waals surface area contributed by atoms with Crippen molar-refractivity contribution in [2.75, 3.05) is 7.05 Å². The van der Waals surface area contributed by atoms with E-state index in [9.17, 15) is 13.2 Å². The van der Waals surface area contributed by atoms with E-state index in [4.69, 9.17) is 10.3 Å². The van der Waals surface area contributed by atoms with Crippen molar-refractivity contribution in [3.05, 3.63) is 0 Å². The maximum absolute atomic E-state index is 10.8. The zero-order valence-electron chi connectivity index (χ0n) is 7.60. The maximum Gasteiger partial charge on any atom is 0.315 e. The molecule has 0 aromatic carbocycles. The van der Waals surface area contributed by atoms with Crippen molar-refractivity contribution in [1.29, 1.82) is 0 Å². The minimum absolute atomic E-state index is 0.165. The molecular weight excluding hydrogens is 196 g/mol. The molecule has 0 rings (SSSR count). The van der Waals surface area contributed by atoms with E-state index < -0.39 is 21.5 Å². The van der Waals surface area contributed by atoms with Gasteiger partial charge in [0.2, 0.25) is 0 Å². The summed E-state index contributed by atoms with van der Waals surface area (Å²) in [6, 6.07) is -0.879. The number of nitrogens with two attached hydrogens (primary N) is 1. The highest BCUT2D eigenvalue weighted by molar-refractivity contribution is 7.86. The summed E-state index contributed by atoms with van der Waals surface area (Å²) >= 11 is 0. The fourth-order valence-electron chi connectivity index (χ4n) is 0.931. The van der Waals surface area contributed by atoms with Crippen molar-refractivity contribution in [1.82, 2.24) is 4.90 Å². The highest BCUT2D eigenvalue weighted by Crippen LogP contribution is 2.10. The SMILES string of the molecule is CCCC(N(C)C(N)=O)S(=O)(=O)O. The van der Waals surface area contributed by atoms with Crippen LogP contribution in [0.3, 0.4) is 0 Å². The van der Waals surface area contributed by atoms with E-state index in [0.717, 1.165) is 4.90 Å². The molecule has 0 aliphatic rings. The zero-order chi connectivity index (χ0) is 10.6. The van der Waals surface area contributed by atoms with Gasteiger partial charge >= 0.3 is 6.03 Å². The van der Waals surface area contributed by atoms with Gasteiger partial charge in [-0.25, -0.2) is 4.79 Å². The van der Waals surface area contributed by atoms with Crippen LogP contribution in [0.15, 0.2) is 0 Å². The molecule has 6 nitrogen and oxygen atoms in total. The molecule has 1 atom stereocenters. The number of urea groups is 1. The van der Waals surface area contributed by atoms with Crippen molar-refractivity contribution >= 4 is 16.1 Å². The molecule has 0 radical (unpaired) electrons. The minimum Gasteiger partial charge on any atom is -0.351 e. The maximum atomic E-state index is 10.8. The second kappa shape index (κ2) is 4.43. The molecule has 0 saturated heterocycles. The fraction of sp³-hybridized carbons (Fsp3) is 0.833. The summed E-state index contributed by atoms with van der Waals surface area (Å²) in [5.74, 6) is 0. The zero-order valence-corrected chi connectivity index (χ0v) is 8.41. The van der Waals surface area contributed by atoms with E-state index >= 15 is 0 Å². The van der Waals surface area contributed by atoms with Crippen molar-refractivity contribution in [3.63, 3.8) is 0 Å². The largest absolute Gasteiger partial charge is 0.351 e. The Morgan fingerprint density at radius 2 is 2.08 bits per heavy atom. The molecule has 0 fully saturated rings. The van der Waals surface area contributed by atoms with Gasteiger partial charge in [-0.2, -0.15) is 8.42 Å². The Morgan fingerprint density at radius 3 is 2.31 bits per heavy atom. The van der Waals surface area contributed by atoms with E-state index in [1.165, 1.54) is 7.05 Å². The molecule has 0 saturated carbocycles. The average molecular weight is 210 g/mol. The second-order valence-electron chi connectivity index (χ2n) is 2.71. The summed E-state index contributed by atoms with van der Waals surface area (Å²) in [4.78, 5) is 11.4. The monoisotopic (exact) mass is 210 g/mol. The first kappa shape index (κ1) is 12.2. The number of primary amides is 1. The van der Waals surface area contributed by atoms with Crippen LogP contribution in [0.25, 0.3) is 0 Å². The van der Waals surface area contributed by atoms with Crippen LogP contribution in [-0.2, 0) is 10.1 Å². The van der Waals surface area contributed by atoms with Gasteiger partial charge in [-0.15, -0.1) is 0 Å². The third kappa shape index (κ3) is 3.60. The van der Waals surface area contributed by atoms with E-state index in [-0.39, 0.29) is 6.42 Å². The minimum atomic E-state index is -4.25. The molecule has 1 unspecified atom stereocenters. The number of amides is 2. The molecule has 0 bridgehead atoms. The second-order valence-corrected chi connectivity index (χ2v) is 4.28. The lowest BCUT2D eigenvalue weighted by Crippen LogP contribution is -2.44. The summed E-state index contributed by atoms with van der Waals surface area (Å²) in [6.45, 7) is 1.74. The summed E-state index contributed by atoms with van der Waals surface area (Å²) in [5.41, 5.74) is 4.88. The number of carbonyl (C=O) groups is 1. The number of carbonyl (C=O) groups excluding carboxylic acids is 1. The quantitative estimate of drug-likeness (QED) is 0.638. The number of hydrogen-bond donors (Lipinski definition) is 2. The van der Waals surface area contributed by atoms with Crippen LogP contribution in [-0.4, -0.2) is 36.3 Å². The van der Waals surface area contributed by atoms with Crippen molar-refractivity contribution in [2.45, 2.75) is 25.1 Å². The first-order chi connectivity index (χ1) is 5.80. The van der Waals surface area contributed by atoms with E-state index in [0.29, 0.717) is 6.42 Å². The Balaban J connectivity index is 4.72. The van der Waals surface area contributed by atoms with Crippen LogP contribution in [0.2, 0.25) is 0 Å². The number of nitrogens with zero attached hydrogens (tertiary/aromatic N) is 1. The van der Waals surface area contributed by atoms with Crippen LogP contribution in [0.4, 0.5) is 4.79 Å². The third-order valence-corrected chi connectivity index (χ3v) is 2.90. The predicted octanol–water partition coefficient (Wildman–Crippen LogP) is 0.0109. The molecule has 13 heavy (non-hydrogen) atoms. The summed E-state index contributed by atoms with van der Waals surface area (Å²) in [7, 11) is -3.01. The van der Waals surface area contributed by atoms with Gasteiger partial charge in [0.15, 0.2) is 5.37 Å². The van der Waals surface area contributed by atoms with Gasteiger partial charge in [0.05, 0.1) is 0 Å². The van der Waals surface area contributed by atoms with Gasteiger partial charge < -0.3 is 10.6 Å². The lowest BCUT2D eigenvalue weighted by Gasteiger charge is -2.23. The summed E-state index contributed by atoms with van der Waals surface area (Å²) in [6.07, 6.45) is 0.695. The molecule has 0 aliphatic heterocycles. The highest BCUT2D eigenvalue weighted by atomic mass is 32.2. The number of rotatable bonds is 4. The Bertz CT molecular complexity index is 274. The highest BCUT2D eigenvalue weighted by Gasteiger charge is 2.28. The predicted molar refractivity (Wildman–Crippen MR) is 47.6 cm³/mol. The average Bonchev–Trinajstić information content (AvgIpc) is 1.96. The Hall–Kier alpha value is -0.820. The lowest BCUT2D eigenvalue weighted by atomic mass is 10.3. The van der Waals surface area contributed by atoms with E-state index in [1.54, 1.807) is 6.92 Å². The first-order valence-electron chi connectivity index (χ1n) is 3.79. The molecular formula is C6H14N2O4S. The van der Waals surface area contributed by atoms with Gasteiger partial charge in [0.25, 0.3) is 10.1 Å². The Labute approximate surface area is 77.5 Å². The lowest BCUT2D eigenvalue weighted by molar-refractivity contribution is 0.208. The van der Waals surface area contributed by atoms with Gasteiger partial charge in [-0.1, -0.05) is 13.3 Å². The van der Waals surface area contributed by atoms with E-state index in [2.05, 4.69) is 0 Å². The fourth-order valence-corrected chi connectivity index (χ4v) is 1.97. The topological polar surface area (TPSA) is 101 Å². The van der Waals surface area contributed by atoms with Gasteiger partial charge in [0, 0.05) is 7.05 Å². The molecule has 0 spiro atoms. The summed E-state index contributed by atoms with van der Waals surface area (Å²) < 4.78 is 30.3. The molecule has 0 heterocycles. The van der Waals surface area contributed by atoms with Crippen molar-refractivity contribution in [2.24, 2.45) is 5.73 Å². The molecule has 3 N–H and O–H groups in total. The van der Waals surface area contributed by atoms with Gasteiger partial charge in [0.1, 0.15) is 0 Å². The van der Waals surface area contributed by atoms with E-state index in [1.807, 2.05) is 0 Å². The summed E-state index contributed by atoms with van der Waals surface area (Å²) in [5, 5.41) is -1.24. The molecule has 0 aliphatic carbocycles. The van der Waals surface area contributed by atoms with Gasteiger partial charge in [-0.05, 0) is 6.42 Å². The Morgan fingerprint density at radius 1 is 1.62 bits per heavy atom. The van der Waals surface area contributed by atoms with Crippen LogP contribution < -0.4 is 5.73 Å². The first-order valence-corrected chi connectivity index (χ1v) is 5.29. The Kier molecular flexibility index (Phi) is 4.15. The van der Waals surface area contributed by atoms with Crippen LogP contribution >= 0.6 is 0 Å². The molecule has 0 aromatic heterocycles.